The van der Waals surface area contributed by atoms with E-state index in [0.29, 0.717) is 3.97 Å². The van der Waals surface area contributed by atoms with Crippen molar-refractivity contribution in [2.45, 2.75) is 24.5 Å². The Hall–Kier alpha value is -4.20. The number of halogens is 6. The van der Waals surface area contributed by atoms with E-state index in [2.05, 4.69) is 15.0 Å². The summed E-state index contributed by atoms with van der Waals surface area (Å²) >= 11 is 0. The van der Waals surface area contributed by atoms with Gasteiger partial charge in [0.1, 0.15) is 34.7 Å². The van der Waals surface area contributed by atoms with Crippen molar-refractivity contribution in [3.8, 4) is 11.3 Å². The van der Waals surface area contributed by atoms with Crippen LogP contribution >= 0.6 is 0 Å². The molecule has 0 fully saturated rings. The van der Waals surface area contributed by atoms with Crippen LogP contribution in [0.4, 0.5) is 26.3 Å². The lowest BCUT2D eigenvalue weighted by molar-refractivity contribution is -0.141. The van der Waals surface area contributed by atoms with Gasteiger partial charge in [-0.05, 0) is 49.4 Å². The number of aliphatic imine (C=N–C) groups is 1. The summed E-state index contributed by atoms with van der Waals surface area (Å²) in [5.74, 6) is -2.85. The second-order valence-corrected chi connectivity index (χ2v) is 9.77. The lowest BCUT2D eigenvalue weighted by Gasteiger charge is -2.12. The van der Waals surface area contributed by atoms with E-state index in [4.69, 9.17) is 5.73 Å². The second kappa shape index (κ2) is 9.93. The van der Waals surface area contributed by atoms with E-state index in [9.17, 15) is 34.8 Å². The first-order valence-corrected chi connectivity index (χ1v) is 12.1. The van der Waals surface area contributed by atoms with Gasteiger partial charge in [0.2, 0.25) is 0 Å². The van der Waals surface area contributed by atoms with Crippen LogP contribution in [0.2, 0.25) is 0 Å². The van der Waals surface area contributed by atoms with E-state index in [1.54, 1.807) is 0 Å². The molecule has 4 rings (SSSR count). The summed E-state index contributed by atoms with van der Waals surface area (Å²) in [6, 6.07) is 7.80. The highest BCUT2D eigenvalue weighted by atomic mass is 32.2. The SMILES string of the molecule is Cc1c(F)cc(C(N)=NCc2cc(-c3ccc(C(F)(F)F)nc3)ncc2F)n1S(=O)(=O)c1ccc(F)cc1. The zero-order valence-electron chi connectivity index (χ0n) is 19.3. The van der Waals surface area contributed by atoms with Gasteiger partial charge < -0.3 is 5.73 Å². The highest BCUT2D eigenvalue weighted by Gasteiger charge is 2.32. The maximum Gasteiger partial charge on any atom is 0.433 e. The normalized spacial score (nSPS) is 12.7. The number of hydrogen-bond donors (Lipinski definition) is 1. The zero-order valence-corrected chi connectivity index (χ0v) is 20.2. The molecule has 0 aliphatic rings. The second-order valence-electron chi connectivity index (χ2n) is 7.98. The molecular weight excluding hydrogens is 536 g/mol. The van der Waals surface area contributed by atoms with Crippen LogP contribution in [-0.4, -0.2) is 28.2 Å². The third-order valence-corrected chi connectivity index (χ3v) is 7.27. The van der Waals surface area contributed by atoms with E-state index in [1.165, 1.54) is 13.0 Å². The first-order chi connectivity index (χ1) is 17.8. The molecule has 3 aromatic heterocycles. The topological polar surface area (TPSA) is 103 Å². The van der Waals surface area contributed by atoms with Crippen LogP contribution in [0.25, 0.3) is 11.3 Å². The standard InChI is InChI=1S/C24H17F6N5O2S/c1-13-18(26)9-21(35(13)38(36,37)17-5-3-16(25)4-6-17)23(31)34-11-15-8-20(32-12-19(15)27)14-2-7-22(33-10-14)24(28,29)30/h2-10,12H,11H2,1H3,(H2,31,34). The largest absolute Gasteiger partial charge is 0.433 e. The Morgan fingerprint density at radius 3 is 2.26 bits per heavy atom. The highest BCUT2D eigenvalue weighted by Crippen LogP contribution is 2.29. The number of alkyl halides is 3. The summed E-state index contributed by atoms with van der Waals surface area (Å²) in [5.41, 5.74) is 4.40. The number of hydrogen-bond acceptors (Lipinski definition) is 5. The third-order valence-electron chi connectivity index (χ3n) is 5.45. The van der Waals surface area contributed by atoms with Crippen LogP contribution in [0.15, 0.2) is 70.8 Å². The molecule has 3 heterocycles. The zero-order chi connectivity index (χ0) is 27.8. The Balaban J connectivity index is 1.67. The lowest BCUT2D eigenvalue weighted by atomic mass is 10.1. The van der Waals surface area contributed by atoms with Crippen molar-refractivity contribution < 1.29 is 34.8 Å². The first-order valence-electron chi connectivity index (χ1n) is 10.7. The van der Waals surface area contributed by atoms with Gasteiger partial charge in [0.05, 0.1) is 29.0 Å². The number of nitrogens with two attached hydrogens (primary N) is 1. The molecule has 14 heteroatoms. The fraction of sp³-hybridized carbons (Fsp3) is 0.125. The maximum atomic E-state index is 14.4. The van der Waals surface area contributed by atoms with Gasteiger partial charge in [-0.1, -0.05) is 0 Å². The van der Waals surface area contributed by atoms with Crippen LogP contribution < -0.4 is 5.73 Å². The molecule has 0 radical (unpaired) electrons. The van der Waals surface area contributed by atoms with E-state index in [-0.39, 0.29) is 33.1 Å². The molecule has 0 aliphatic carbocycles. The molecular formula is C24H17F6N5O2S. The molecule has 198 valence electrons. The Labute approximate surface area is 212 Å². The molecule has 0 saturated heterocycles. The average Bonchev–Trinajstić information content (AvgIpc) is 3.18. The monoisotopic (exact) mass is 553 g/mol. The van der Waals surface area contributed by atoms with Gasteiger partial charge in [0.15, 0.2) is 0 Å². The predicted octanol–water partition coefficient (Wildman–Crippen LogP) is 4.83. The summed E-state index contributed by atoms with van der Waals surface area (Å²) in [7, 11) is -4.41. The van der Waals surface area contributed by atoms with Crippen LogP contribution in [-0.2, 0) is 22.7 Å². The summed E-state index contributed by atoms with van der Waals surface area (Å²) in [6.07, 6.45) is -2.87. The van der Waals surface area contributed by atoms with Crippen LogP contribution in [0.1, 0.15) is 22.6 Å². The summed E-state index contributed by atoms with van der Waals surface area (Å²) in [5, 5.41) is 0. The summed E-state index contributed by atoms with van der Waals surface area (Å²) in [6.45, 7) is 0.754. The summed E-state index contributed by atoms with van der Waals surface area (Å²) in [4.78, 5) is 10.9. The van der Waals surface area contributed by atoms with E-state index < -0.39 is 51.7 Å². The Morgan fingerprint density at radius 2 is 1.66 bits per heavy atom. The van der Waals surface area contributed by atoms with Crippen molar-refractivity contribution >= 4 is 15.9 Å². The van der Waals surface area contributed by atoms with Crippen LogP contribution in [0.5, 0.6) is 0 Å². The molecule has 0 bridgehead atoms. The van der Waals surface area contributed by atoms with E-state index >= 15 is 0 Å². The fourth-order valence-corrected chi connectivity index (χ4v) is 5.03. The molecule has 38 heavy (non-hydrogen) atoms. The molecule has 0 amide bonds. The van der Waals surface area contributed by atoms with E-state index in [1.807, 2.05) is 0 Å². The molecule has 0 aliphatic heterocycles. The van der Waals surface area contributed by atoms with Crippen molar-refractivity contribution in [1.29, 1.82) is 0 Å². The molecule has 1 aromatic carbocycles. The van der Waals surface area contributed by atoms with Crippen LogP contribution in [0, 0.1) is 24.4 Å². The van der Waals surface area contributed by atoms with Gasteiger partial charge in [0.25, 0.3) is 10.0 Å². The predicted molar refractivity (Wildman–Crippen MR) is 125 cm³/mol. The smallest absolute Gasteiger partial charge is 0.382 e. The van der Waals surface area contributed by atoms with Crippen LogP contribution in [0.3, 0.4) is 0 Å². The average molecular weight is 553 g/mol. The highest BCUT2D eigenvalue weighted by molar-refractivity contribution is 7.90. The number of rotatable bonds is 6. The number of nitrogens with zero attached hydrogens (tertiary/aromatic N) is 4. The maximum absolute atomic E-state index is 14.4. The van der Waals surface area contributed by atoms with Crippen molar-refractivity contribution in [2.24, 2.45) is 10.7 Å². The van der Waals surface area contributed by atoms with Gasteiger partial charge in [0, 0.05) is 23.4 Å². The number of amidine groups is 1. The number of pyridine rings is 2. The first kappa shape index (κ1) is 26.9. The van der Waals surface area contributed by atoms with Gasteiger partial charge in [-0.2, -0.15) is 13.2 Å². The Kier molecular flexibility index (Phi) is 7.02. The number of benzene rings is 1. The van der Waals surface area contributed by atoms with Crippen molar-refractivity contribution in [3.05, 3.63) is 101 Å². The minimum Gasteiger partial charge on any atom is -0.382 e. The van der Waals surface area contributed by atoms with Crippen molar-refractivity contribution in [1.82, 2.24) is 13.9 Å². The molecule has 2 N–H and O–H groups in total. The van der Waals surface area contributed by atoms with Gasteiger partial charge in [-0.15, -0.1) is 0 Å². The number of aromatic nitrogens is 3. The fourth-order valence-electron chi connectivity index (χ4n) is 3.48. The Bertz CT molecular complexity index is 1630. The molecule has 0 unspecified atom stereocenters. The summed E-state index contributed by atoms with van der Waals surface area (Å²) < 4.78 is 107. The minimum atomic E-state index is -4.63. The Morgan fingerprint density at radius 1 is 0.974 bits per heavy atom. The third kappa shape index (κ3) is 5.25. The molecule has 0 atom stereocenters. The molecule has 4 aromatic rings. The van der Waals surface area contributed by atoms with Crippen molar-refractivity contribution in [2.75, 3.05) is 0 Å². The van der Waals surface area contributed by atoms with Gasteiger partial charge in [-0.3, -0.25) is 15.0 Å². The molecule has 7 nitrogen and oxygen atoms in total. The molecule has 0 spiro atoms. The van der Waals surface area contributed by atoms with Crippen molar-refractivity contribution in [3.63, 3.8) is 0 Å². The quantitative estimate of drug-likeness (QED) is 0.209. The minimum absolute atomic E-state index is 0.0745. The lowest BCUT2D eigenvalue weighted by Crippen LogP contribution is -2.24. The van der Waals surface area contributed by atoms with Gasteiger partial charge >= 0.3 is 6.18 Å². The van der Waals surface area contributed by atoms with Gasteiger partial charge in [-0.25, -0.2) is 25.6 Å². The molecule has 0 saturated carbocycles. The van der Waals surface area contributed by atoms with E-state index in [0.717, 1.165) is 54.9 Å².